The minimum absolute atomic E-state index is 0.0962. The summed E-state index contributed by atoms with van der Waals surface area (Å²) in [5.41, 5.74) is -0.463. The van der Waals surface area contributed by atoms with Gasteiger partial charge in [0, 0.05) is 18.2 Å². The summed E-state index contributed by atoms with van der Waals surface area (Å²) < 4.78 is 44.0. The first kappa shape index (κ1) is 18.3. The molecule has 1 aromatic carbocycles. The van der Waals surface area contributed by atoms with Gasteiger partial charge in [-0.05, 0) is 6.07 Å². The van der Waals surface area contributed by atoms with Gasteiger partial charge >= 0.3 is 12.1 Å². The molecule has 134 valence electrons. The average molecular weight is 356 g/mol. The first-order valence-electron chi connectivity index (χ1n) is 7.07. The highest BCUT2D eigenvalue weighted by atomic mass is 19.4. The molecule has 0 aliphatic rings. The Balaban J connectivity index is 2.23. The molecule has 1 aromatic heterocycles. The first-order chi connectivity index (χ1) is 11.8. The lowest BCUT2D eigenvalue weighted by atomic mass is 10.2. The fraction of sp³-hybridized carbons (Fsp3) is 0.267. The van der Waals surface area contributed by atoms with Crippen LogP contribution in [0.2, 0.25) is 0 Å². The molecule has 1 heterocycles. The van der Waals surface area contributed by atoms with Crippen LogP contribution in [-0.2, 0) is 17.5 Å². The lowest BCUT2D eigenvalue weighted by molar-refractivity contribution is -0.141. The topological polar surface area (TPSA) is 96.4 Å². The number of carbonyl (C=O) groups is 1. The monoisotopic (exact) mass is 356 g/mol. The summed E-state index contributed by atoms with van der Waals surface area (Å²) >= 11 is 0. The first-order valence-corrected chi connectivity index (χ1v) is 7.07. The number of carboxylic acid groups (broad SMARTS) is 1. The van der Waals surface area contributed by atoms with Gasteiger partial charge in [0.25, 0.3) is 0 Å². The number of nitrogens with zero attached hydrogens (tertiary/aromatic N) is 2. The number of alkyl halides is 3. The molecule has 10 heteroatoms. The maximum atomic E-state index is 12.9. The molecule has 0 aliphatic heterocycles. The summed E-state index contributed by atoms with van der Waals surface area (Å²) in [6.45, 7) is -0.441. The van der Waals surface area contributed by atoms with Crippen molar-refractivity contribution >= 4 is 17.7 Å². The molecule has 2 aromatic rings. The van der Waals surface area contributed by atoms with Crippen molar-refractivity contribution in [1.29, 1.82) is 0 Å². The number of rotatable bonds is 7. The van der Waals surface area contributed by atoms with E-state index in [0.717, 1.165) is 11.6 Å². The molecule has 0 spiro atoms. The van der Waals surface area contributed by atoms with Gasteiger partial charge in [-0.25, -0.2) is 4.98 Å². The predicted molar refractivity (Wildman–Crippen MR) is 83.5 cm³/mol. The van der Waals surface area contributed by atoms with E-state index in [9.17, 15) is 18.0 Å². The Labute approximate surface area is 140 Å². The molecular weight excluding hydrogens is 341 g/mol. The van der Waals surface area contributed by atoms with E-state index in [1.54, 1.807) is 24.3 Å². The molecule has 7 nitrogen and oxygen atoms in total. The number of ether oxygens (including phenoxy) is 1. The van der Waals surface area contributed by atoms with Crippen molar-refractivity contribution in [2.75, 3.05) is 24.3 Å². The Morgan fingerprint density at radius 1 is 1.24 bits per heavy atom. The number of methoxy groups -OCH3 is 1. The Hall–Kier alpha value is -3.04. The second kappa shape index (κ2) is 7.69. The van der Waals surface area contributed by atoms with Crippen LogP contribution >= 0.6 is 0 Å². The van der Waals surface area contributed by atoms with Crippen LogP contribution in [0.4, 0.5) is 24.9 Å². The molecule has 0 unspecified atom stereocenters. The number of halogens is 3. The average Bonchev–Trinajstić information content (AvgIpc) is 2.57. The maximum Gasteiger partial charge on any atom is 0.433 e. The SMILES string of the molecule is COc1ccccc1CNc1cc(C(F)(F)F)nc(NCC(=O)O)n1. The van der Waals surface area contributed by atoms with Crippen LogP contribution in [0.15, 0.2) is 30.3 Å². The quantitative estimate of drug-likeness (QED) is 0.702. The largest absolute Gasteiger partial charge is 0.496 e. The van der Waals surface area contributed by atoms with Crippen molar-refractivity contribution in [3.05, 3.63) is 41.6 Å². The Kier molecular flexibility index (Phi) is 5.63. The second-order valence-corrected chi connectivity index (χ2v) is 4.87. The van der Waals surface area contributed by atoms with Gasteiger partial charge in [0.2, 0.25) is 5.95 Å². The van der Waals surface area contributed by atoms with Gasteiger partial charge < -0.3 is 20.5 Å². The molecule has 25 heavy (non-hydrogen) atoms. The van der Waals surface area contributed by atoms with Gasteiger partial charge in [0.15, 0.2) is 5.69 Å². The van der Waals surface area contributed by atoms with Gasteiger partial charge in [-0.3, -0.25) is 4.79 Å². The summed E-state index contributed by atoms with van der Waals surface area (Å²) in [5, 5.41) is 13.6. The maximum absolute atomic E-state index is 12.9. The van der Waals surface area contributed by atoms with E-state index < -0.39 is 30.3 Å². The van der Waals surface area contributed by atoms with E-state index in [1.807, 2.05) is 0 Å². The number of hydrogen-bond acceptors (Lipinski definition) is 6. The van der Waals surface area contributed by atoms with E-state index in [1.165, 1.54) is 7.11 Å². The Morgan fingerprint density at radius 3 is 2.60 bits per heavy atom. The lowest BCUT2D eigenvalue weighted by Crippen LogP contribution is -2.18. The fourth-order valence-electron chi connectivity index (χ4n) is 1.95. The van der Waals surface area contributed by atoms with Gasteiger partial charge in [-0.1, -0.05) is 18.2 Å². The van der Waals surface area contributed by atoms with E-state index in [2.05, 4.69) is 20.6 Å². The molecule has 0 aliphatic carbocycles. The highest BCUT2D eigenvalue weighted by Gasteiger charge is 2.33. The van der Waals surface area contributed by atoms with Crippen LogP contribution < -0.4 is 15.4 Å². The highest BCUT2D eigenvalue weighted by Crippen LogP contribution is 2.30. The number of benzene rings is 1. The third-order valence-corrected chi connectivity index (χ3v) is 3.07. The number of anilines is 2. The number of aromatic nitrogens is 2. The molecule has 2 rings (SSSR count). The van der Waals surface area contributed by atoms with Gasteiger partial charge in [0.1, 0.15) is 18.1 Å². The van der Waals surface area contributed by atoms with Crippen LogP contribution in [0.5, 0.6) is 5.75 Å². The number of para-hydroxylation sites is 1. The van der Waals surface area contributed by atoms with Gasteiger partial charge in [-0.15, -0.1) is 0 Å². The third-order valence-electron chi connectivity index (χ3n) is 3.07. The molecule has 0 amide bonds. The summed E-state index contributed by atoms with van der Waals surface area (Å²) in [7, 11) is 1.49. The van der Waals surface area contributed by atoms with Crippen molar-refractivity contribution < 1.29 is 27.8 Å². The van der Waals surface area contributed by atoms with E-state index in [4.69, 9.17) is 9.84 Å². The van der Waals surface area contributed by atoms with Gasteiger partial charge in [0.05, 0.1) is 7.11 Å². The summed E-state index contributed by atoms with van der Waals surface area (Å²) in [6.07, 6.45) is -4.69. The molecule has 0 atom stereocenters. The fourth-order valence-corrected chi connectivity index (χ4v) is 1.95. The number of carboxylic acids is 1. The third kappa shape index (κ3) is 5.23. The molecule has 0 radical (unpaired) electrons. The summed E-state index contributed by atoms with van der Waals surface area (Å²) in [5.74, 6) is -1.20. The zero-order chi connectivity index (χ0) is 18.4. The predicted octanol–water partition coefficient (Wildman–Crippen LogP) is 2.61. The van der Waals surface area contributed by atoms with Crippen molar-refractivity contribution in [3.63, 3.8) is 0 Å². The summed E-state index contributed by atoms with van der Waals surface area (Å²) in [4.78, 5) is 17.7. The van der Waals surface area contributed by atoms with Crippen LogP contribution in [0, 0.1) is 0 Å². The number of nitrogens with one attached hydrogen (secondary N) is 2. The molecule has 0 saturated carbocycles. The zero-order valence-electron chi connectivity index (χ0n) is 13.1. The molecule has 0 fully saturated rings. The Morgan fingerprint density at radius 2 is 1.96 bits per heavy atom. The highest BCUT2D eigenvalue weighted by molar-refractivity contribution is 5.72. The van der Waals surface area contributed by atoms with Crippen LogP contribution in [0.3, 0.4) is 0 Å². The van der Waals surface area contributed by atoms with E-state index >= 15 is 0 Å². The van der Waals surface area contributed by atoms with Crippen LogP contribution in [0.1, 0.15) is 11.3 Å². The van der Waals surface area contributed by atoms with Crippen molar-refractivity contribution in [1.82, 2.24) is 9.97 Å². The van der Waals surface area contributed by atoms with E-state index in [-0.39, 0.29) is 12.4 Å². The van der Waals surface area contributed by atoms with Crippen LogP contribution in [0.25, 0.3) is 0 Å². The minimum atomic E-state index is -4.69. The van der Waals surface area contributed by atoms with E-state index in [0.29, 0.717) is 5.75 Å². The van der Waals surface area contributed by atoms with Crippen molar-refractivity contribution in [2.45, 2.75) is 12.7 Å². The molecule has 0 bridgehead atoms. The standard InChI is InChI=1S/C15H15F3N4O3/c1-25-10-5-3-2-4-9(10)7-19-12-6-11(15(16,17)18)21-14(22-12)20-8-13(23)24/h2-6H,7-8H2,1H3,(H,23,24)(H2,19,20,21,22). The second-order valence-electron chi connectivity index (χ2n) is 4.87. The smallest absolute Gasteiger partial charge is 0.433 e. The number of aliphatic carboxylic acids is 1. The lowest BCUT2D eigenvalue weighted by Gasteiger charge is -2.13. The van der Waals surface area contributed by atoms with Crippen LogP contribution in [-0.4, -0.2) is 34.7 Å². The summed E-state index contributed by atoms with van der Waals surface area (Å²) in [6, 6.07) is 7.75. The number of hydrogen-bond donors (Lipinski definition) is 3. The van der Waals surface area contributed by atoms with Crippen molar-refractivity contribution in [3.8, 4) is 5.75 Å². The molecular formula is C15H15F3N4O3. The minimum Gasteiger partial charge on any atom is -0.496 e. The normalized spacial score (nSPS) is 11.0. The van der Waals surface area contributed by atoms with Crippen molar-refractivity contribution in [2.24, 2.45) is 0 Å². The van der Waals surface area contributed by atoms with Gasteiger partial charge in [-0.2, -0.15) is 18.2 Å². The zero-order valence-corrected chi connectivity index (χ0v) is 13.1. The Bertz CT molecular complexity index is 753. The molecule has 0 saturated heterocycles. The molecule has 3 N–H and O–H groups in total.